The average Bonchev–Trinajstić information content (AvgIpc) is 3.24. The summed E-state index contributed by atoms with van der Waals surface area (Å²) in [7, 11) is 0. The second-order valence-electron chi connectivity index (χ2n) is 8.09. The van der Waals surface area contributed by atoms with E-state index in [1.807, 2.05) is 9.80 Å². The molecule has 4 rings (SSSR count). The van der Waals surface area contributed by atoms with Crippen LogP contribution in [-0.2, 0) is 11.0 Å². The number of hydrogen-bond donors (Lipinski definition) is 0. The Morgan fingerprint density at radius 2 is 1.93 bits per heavy atom. The molecule has 1 N–H and O–H groups in total. The second kappa shape index (κ2) is 7.15. The number of carbonyl (C=O) groups is 1. The highest BCUT2D eigenvalue weighted by atomic mass is 35.5. The van der Waals surface area contributed by atoms with Gasteiger partial charge >= 0.3 is 6.18 Å². The molecule has 0 spiro atoms. The fourth-order valence-electron chi connectivity index (χ4n) is 5.03. The van der Waals surface area contributed by atoms with Crippen LogP contribution in [0.5, 0.6) is 0 Å². The molecular weight excluding hydrogens is 379 g/mol. The van der Waals surface area contributed by atoms with Crippen LogP contribution in [0.3, 0.4) is 0 Å². The number of carbonyl (C=O) groups excluding carboxylic acids is 1. The van der Waals surface area contributed by atoms with Crippen molar-refractivity contribution in [2.24, 2.45) is 17.8 Å². The first-order valence-electron chi connectivity index (χ1n) is 9.62. The minimum absolute atomic E-state index is 0.0478. The van der Waals surface area contributed by atoms with Crippen LogP contribution < -0.4 is 9.88 Å². The van der Waals surface area contributed by atoms with Gasteiger partial charge in [0.15, 0.2) is 0 Å². The molecule has 3 atom stereocenters. The molecule has 148 valence electrons. The molecule has 0 aromatic carbocycles. The molecule has 8 heteroatoms. The molecule has 27 heavy (non-hydrogen) atoms. The van der Waals surface area contributed by atoms with Crippen molar-refractivity contribution in [1.82, 2.24) is 4.90 Å². The highest BCUT2D eigenvalue weighted by Gasteiger charge is 2.41. The van der Waals surface area contributed by atoms with E-state index in [2.05, 4.69) is 4.98 Å². The molecule has 3 aliphatic rings. The zero-order valence-electron chi connectivity index (χ0n) is 15.1. The van der Waals surface area contributed by atoms with Crippen LogP contribution in [-0.4, -0.2) is 37.0 Å². The summed E-state index contributed by atoms with van der Waals surface area (Å²) in [4.78, 5) is 19.1. The Morgan fingerprint density at radius 1 is 1.19 bits per heavy atom. The Hall–Kier alpha value is -1.50. The molecule has 2 heterocycles. The third-order valence-electron chi connectivity index (χ3n) is 6.47. The van der Waals surface area contributed by atoms with Crippen LogP contribution in [0.1, 0.15) is 37.7 Å². The number of piperazine rings is 1. The van der Waals surface area contributed by atoms with Crippen molar-refractivity contribution in [1.29, 1.82) is 0 Å². The number of hydrogen-bond acceptors (Lipinski definition) is 2. The first kappa shape index (κ1) is 18.8. The molecule has 4 nitrogen and oxygen atoms in total. The zero-order valence-corrected chi connectivity index (χ0v) is 15.8. The average molecular weight is 403 g/mol. The number of amides is 1. The van der Waals surface area contributed by atoms with E-state index in [4.69, 9.17) is 11.6 Å². The Bertz CT molecular complexity index is 719. The third kappa shape index (κ3) is 3.89. The van der Waals surface area contributed by atoms with E-state index in [-0.39, 0.29) is 10.9 Å². The maximum atomic E-state index is 12.8. The number of nitrogens with one attached hydrogen (secondary N) is 1. The van der Waals surface area contributed by atoms with Gasteiger partial charge in [0, 0.05) is 6.42 Å². The minimum Gasteiger partial charge on any atom is -0.335 e. The van der Waals surface area contributed by atoms with Gasteiger partial charge in [-0.15, -0.1) is 0 Å². The largest absolute Gasteiger partial charge is 0.419 e. The predicted octanol–water partition coefficient (Wildman–Crippen LogP) is 3.65. The van der Waals surface area contributed by atoms with Crippen LogP contribution >= 0.6 is 11.6 Å². The van der Waals surface area contributed by atoms with Gasteiger partial charge < -0.3 is 4.90 Å². The summed E-state index contributed by atoms with van der Waals surface area (Å²) in [5.74, 6) is 2.81. The van der Waals surface area contributed by atoms with Gasteiger partial charge in [0.05, 0.1) is 18.7 Å². The van der Waals surface area contributed by atoms with Crippen molar-refractivity contribution in [3.8, 4) is 0 Å². The summed E-state index contributed by atoms with van der Waals surface area (Å²) in [6.45, 7) is 2.27. The zero-order chi connectivity index (χ0) is 19.2. The van der Waals surface area contributed by atoms with E-state index in [0.717, 1.165) is 24.1 Å². The predicted molar refractivity (Wildman–Crippen MR) is 95.4 cm³/mol. The molecule has 0 unspecified atom stereocenters. The number of fused-ring (bicyclic) bond motifs is 2. The molecule has 2 bridgehead atoms. The Kier molecular flexibility index (Phi) is 4.99. The summed E-state index contributed by atoms with van der Waals surface area (Å²) < 4.78 is 38.3. The number of rotatable bonds is 3. The summed E-state index contributed by atoms with van der Waals surface area (Å²) >= 11 is 6.06. The lowest BCUT2D eigenvalue weighted by atomic mass is 9.86. The Balaban J connectivity index is 1.33. The van der Waals surface area contributed by atoms with Crippen LogP contribution in [0.4, 0.5) is 19.0 Å². The molecule has 1 saturated heterocycles. The summed E-state index contributed by atoms with van der Waals surface area (Å²) in [6, 6.07) is 0.944. The van der Waals surface area contributed by atoms with Gasteiger partial charge in [-0.2, -0.15) is 13.2 Å². The van der Waals surface area contributed by atoms with Crippen molar-refractivity contribution in [2.45, 2.75) is 38.3 Å². The second-order valence-corrected chi connectivity index (χ2v) is 8.50. The van der Waals surface area contributed by atoms with Gasteiger partial charge in [-0.3, -0.25) is 9.69 Å². The molecule has 1 amide bonds. The quantitative estimate of drug-likeness (QED) is 0.774. The van der Waals surface area contributed by atoms with Crippen molar-refractivity contribution in [3.63, 3.8) is 0 Å². The van der Waals surface area contributed by atoms with Crippen molar-refractivity contribution < 1.29 is 22.9 Å². The maximum Gasteiger partial charge on any atom is 0.419 e. The first-order valence-corrected chi connectivity index (χ1v) is 10.00. The SMILES string of the molecule is O=C(C[C@H]1C[C@@H]2CC[C@@H]1C2)N1CCN(c2[nH+]cc(C(F)(F)F)cc2Cl)CC1. The molecular formula is C19H24ClF3N3O+. The Labute approximate surface area is 161 Å². The molecule has 1 aromatic heterocycles. The van der Waals surface area contributed by atoms with E-state index in [1.165, 1.54) is 25.7 Å². The van der Waals surface area contributed by atoms with E-state index in [0.29, 0.717) is 44.3 Å². The lowest BCUT2D eigenvalue weighted by molar-refractivity contribution is -0.367. The summed E-state index contributed by atoms with van der Waals surface area (Å²) in [5.41, 5.74) is -0.795. The first-order chi connectivity index (χ1) is 12.8. The fourth-order valence-corrected chi connectivity index (χ4v) is 5.32. The number of aromatic amines is 1. The monoisotopic (exact) mass is 402 g/mol. The van der Waals surface area contributed by atoms with Crippen LogP contribution in [0.25, 0.3) is 0 Å². The minimum atomic E-state index is -4.43. The van der Waals surface area contributed by atoms with E-state index in [9.17, 15) is 18.0 Å². The van der Waals surface area contributed by atoms with Crippen LogP contribution in [0, 0.1) is 17.8 Å². The third-order valence-corrected chi connectivity index (χ3v) is 6.76. The number of H-pyrrole nitrogens is 1. The topological polar surface area (TPSA) is 37.7 Å². The lowest BCUT2D eigenvalue weighted by Gasteiger charge is -2.32. The highest BCUT2D eigenvalue weighted by molar-refractivity contribution is 6.32. The van der Waals surface area contributed by atoms with E-state index < -0.39 is 11.7 Å². The van der Waals surface area contributed by atoms with Crippen LogP contribution in [0.15, 0.2) is 12.3 Å². The van der Waals surface area contributed by atoms with Crippen molar-refractivity contribution in [3.05, 3.63) is 22.8 Å². The molecule has 3 fully saturated rings. The maximum absolute atomic E-state index is 12.8. The van der Waals surface area contributed by atoms with Gasteiger partial charge in [-0.05, 0) is 43.1 Å². The summed E-state index contributed by atoms with van der Waals surface area (Å²) in [6.07, 6.45) is 2.27. The Morgan fingerprint density at radius 3 is 2.48 bits per heavy atom. The highest BCUT2D eigenvalue weighted by Crippen LogP contribution is 2.49. The normalized spacial score (nSPS) is 28.1. The number of nitrogens with zero attached hydrogens (tertiary/aromatic N) is 2. The fraction of sp³-hybridized carbons (Fsp3) is 0.684. The molecule has 2 saturated carbocycles. The number of halogens is 4. The van der Waals surface area contributed by atoms with Gasteiger partial charge in [-0.1, -0.05) is 18.0 Å². The number of alkyl halides is 3. The number of aromatic nitrogens is 1. The van der Waals surface area contributed by atoms with Crippen molar-refractivity contribution in [2.75, 3.05) is 31.1 Å². The van der Waals surface area contributed by atoms with Crippen LogP contribution in [0.2, 0.25) is 5.02 Å². The van der Waals surface area contributed by atoms with Gasteiger partial charge in [0.25, 0.3) is 5.82 Å². The molecule has 1 aromatic rings. The number of pyridine rings is 1. The van der Waals surface area contributed by atoms with E-state index >= 15 is 0 Å². The standard InChI is InChI=1S/C19H23ClF3N3O/c20-16-10-15(19(21,22)23)11-24-18(16)26-5-3-25(4-6-26)17(27)9-14-8-12-1-2-13(14)7-12/h10-14H,1-9H2/p+1/t12-,13-,14-/m1/s1. The smallest absolute Gasteiger partial charge is 0.335 e. The van der Waals surface area contributed by atoms with E-state index in [1.54, 1.807) is 0 Å². The van der Waals surface area contributed by atoms with Gasteiger partial charge in [-0.25, -0.2) is 4.98 Å². The van der Waals surface area contributed by atoms with Gasteiger partial charge in [0.1, 0.15) is 24.3 Å². The van der Waals surface area contributed by atoms with Crippen molar-refractivity contribution >= 4 is 23.3 Å². The summed E-state index contributed by atoms with van der Waals surface area (Å²) in [5, 5.41) is 0.0478. The lowest BCUT2D eigenvalue weighted by Crippen LogP contribution is -2.50. The molecule has 1 aliphatic heterocycles. The van der Waals surface area contributed by atoms with Gasteiger partial charge in [0.2, 0.25) is 5.91 Å². The molecule has 0 radical (unpaired) electrons. The molecule has 2 aliphatic carbocycles. The number of anilines is 1.